The van der Waals surface area contributed by atoms with Gasteiger partial charge >= 0.3 is 0 Å². The van der Waals surface area contributed by atoms with Crippen LogP contribution in [0.25, 0.3) is 0 Å². The maximum Gasteiger partial charge on any atom is 0.269 e. The van der Waals surface area contributed by atoms with E-state index in [2.05, 4.69) is 15.6 Å². The molecule has 9 heteroatoms. The van der Waals surface area contributed by atoms with E-state index in [0.29, 0.717) is 18.0 Å². The lowest BCUT2D eigenvalue weighted by Gasteiger charge is -2.10. The number of carbonyl (C=O) groups is 2. The van der Waals surface area contributed by atoms with Crippen LogP contribution >= 0.6 is 0 Å². The van der Waals surface area contributed by atoms with Gasteiger partial charge in [0.1, 0.15) is 5.75 Å². The van der Waals surface area contributed by atoms with Gasteiger partial charge in [-0.1, -0.05) is 6.92 Å². The molecule has 0 atom stereocenters. The molecular weight excluding hydrogens is 370 g/mol. The van der Waals surface area contributed by atoms with Crippen LogP contribution in [0.15, 0.2) is 53.4 Å². The van der Waals surface area contributed by atoms with E-state index in [1.165, 1.54) is 36.4 Å². The van der Waals surface area contributed by atoms with Crippen LogP contribution in [-0.2, 0) is 14.8 Å². The van der Waals surface area contributed by atoms with Gasteiger partial charge in [-0.15, -0.1) is 0 Å². The second-order valence-corrected chi connectivity index (χ2v) is 7.13. The molecule has 0 heterocycles. The van der Waals surface area contributed by atoms with Crippen LogP contribution in [0.5, 0.6) is 5.75 Å². The summed E-state index contributed by atoms with van der Waals surface area (Å²) < 4.78 is 32.6. The van der Waals surface area contributed by atoms with E-state index in [9.17, 15) is 18.0 Å². The van der Waals surface area contributed by atoms with Crippen LogP contribution < -0.4 is 20.3 Å². The van der Waals surface area contributed by atoms with Gasteiger partial charge in [-0.25, -0.2) is 8.42 Å². The van der Waals surface area contributed by atoms with Crippen LogP contribution in [0.1, 0.15) is 30.6 Å². The topological polar surface area (TPSA) is 114 Å². The minimum absolute atomic E-state index is 0.0926. The fourth-order valence-corrected chi connectivity index (χ4v) is 3.13. The van der Waals surface area contributed by atoms with Crippen molar-refractivity contribution >= 4 is 27.5 Å². The molecule has 2 amide bonds. The van der Waals surface area contributed by atoms with Gasteiger partial charge in [-0.3, -0.25) is 25.2 Å². The third-order valence-electron chi connectivity index (χ3n) is 3.48. The minimum atomic E-state index is -3.77. The van der Waals surface area contributed by atoms with Crippen LogP contribution in [0.3, 0.4) is 0 Å². The lowest BCUT2D eigenvalue weighted by Crippen LogP contribution is -2.41. The van der Waals surface area contributed by atoms with E-state index >= 15 is 0 Å². The van der Waals surface area contributed by atoms with Gasteiger partial charge in [0.05, 0.1) is 11.5 Å². The van der Waals surface area contributed by atoms with Crippen molar-refractivity contribution in [2.24, 2.45) is 0 Å². The Hall–Kier alpha value is -3.07. The molecule has 0 fully saturated rings. The molecule has 0 saturated heterocycles. The second-order valence-electron chi connectivity index (χ2n) is 5.44. The Bertz CT molecular complexity index is 894. The van der Waals surface area contributed by atoms with Crippen LogP contribution in [0.4, 0.5) is 5.69 Å². The Balaban J connectivity index is 2.04. The molecule has 8 nitrogen and oxygen atoms in total. The average molecular weight is 391 g/mol. The Morgan fingerprint density at radius 1 is 0.926 bits per heavy atom. The summed E-state index contributed by atoms with van der Waals surface area (Å²) in [6, 6.07) is 11.9. The number of rotatable bonds is 7. The first-order valence-corrected chi connectivity index (χ1v) is 9.79. The number of carbonyl (C=O) groups excluding carboxylic acids is 2. The van der Waals surface area contributed by atoms with Gasteiger partial charge < -0.3 is 4.74 Å². The van der Waals surface area contributed by atoms with Crippen molar-refractivity contribution in [3.63, 3.8) is 0 Å². The summed E-state index contributed by atoms with van der Waals surface area (Å²) in [5.41, 5.74) is 5.11. The molecule has 0 aliphatic heterocycles. The summed E-state index contributed by atoms with van der Waals surface area (Å²) in [5.74, 6) is -0.234. The number of amides is 2. The molecule has 0 spiro atoms. The van der Waals surface area contributed by atoms with E-state index in [0.717, 1.165) is 0 Å². The highest BCUT2D eigenvalue weighted by Gasteiger charge is 2.15. The zero-order chi connectivity index (χ0) is 19.9. The molecule has 0 aromatic heterocycles. The summed E-state index contributed by atoms with van der Waals surface area (Å²) in [6.07, 6.45) is 0.243. The first kappa shape index (κ1) is 20.2. The van der Waals surface area contributed by atoms with E-state index in [4.69, 9.17) is 4.74 Å². The minimum Gasteiger partial charge on any atom is -0.494 e. The van der Waals surface area contributed by atoms with Crippen molar-refractivity contribution in [1.29, 1.82) is 0 Å². The highest BCUT2D eigenvalue weighted by Crippen LogP contribution is 2.19. The van der Waals surface area contributed by atoms with Gasteiger partial charge in [-0.05, 0) is 55.5 Å². The number of nitrogens with one attached hydrogen (secondary N) is 3. The SMILES string of the molecule is CCOc1ccc(S(=O)(=O)Nc2ccc(C(=O)NNC(=O)CC)cc2)cc1. The van der Waals surface area contributed by atoms with E-state index in [-0.39, 0.29) is 22.8 Å². The third-order valence-corrected chi connectivity index (χ3v) is 4.88. The summed E-state index contributed by atoms with van der Waals surface area (Å²) in [6.45, 7) is 3.99. The van der Waals surface area contributed by atoms with Crippen molar-refractivity contribution in [2.45, 2.75) is 25.2 Å². The van der Waals surface area contributed by atoms with Gasteiger partial charge in [0.25, 0.3) is 15.9 Å². The van der Waals surface area contributed by atoms with Crippen LogP contribution in [0, 0.1) is 0 Å². The zero-order valence-electron chi connectivity index (χ0n) is 15.0. The van der Waals surface area contributed by atoms with E-state index in [1.54, 1.807) is 19.1 Å². The quantitative estimate of drug-likeness (QED) is 0.625. The van der Waals surface area contributed by atoms with Crippen LogP contribution in [-0.4, -0.2) is 26.8 Å². The Labute approximate surface area is 157 Å². The largest absolute Gasteiger partial charge is 0.494 e. The number of hydrogen-bond acceptors (Lipinski definition) is 5. The fourth-order valence-electron chi connectivity index (χ4n) is 2.07. The molecule has 144 valence electrons. The second kappa shape index (κ2) is 9.04. The molecule has 0 saturated carbocycles. The number of sulfonamides is 1. The maximum absolute atomic E-state index is 12.4. The third kappa shape index (κ3) is 5.71. The molecule has 2 aromatic carbocycles. The molecule has 2 rings (SSSR count). The zero-order valence-corrected chi connectivity index (χ0v) is 15.8. The molecule has 27 heavy (non-hydrogen) atoms. The van der Waals surface area contributed by atoms with E-state index in [1.807, 2.05) is 6.92 Å². The normalized spacial score (nSPS) is 10.7. The van der Waals surface area contributed by atoms with Gasteiger partial charge in [-0.2, -0.15) is 0 Å². The Morgan fingerprint density at radius 3 is 2.11 bits per heavy atom. The lowest BCUT2D eigenvalue weighted by molar-refractivity contribution is -0.121. The first-order chi connectivity index (χ1) is 12.9. The average Bonchev–Trinajstić information content (AvgIpc) is 2.66. The van der Waals surface area contributed by atoms with Crippen LogP contribution in [0.2, 0.25) is 0 Å². The first-order valence-electron chi connectivity index (χ1n) is 8.30. The molecule has 3 N–H and O–H groups in total. The Kier molecular flexibility index (Phi) is 6.78. The number of hydrogen-bond donors (Lipinski definition) is 3. The molecule has 0 aliphatic rings. The molecule has 0 unspecified atom stereocenters. The maximum atomic E-state index is 12.4. The number of hydrazine groups is 1. The number of anilines is 1. The standard InChI is InChI=1S/C18H21N3O5S/c1-3-17(22)19-20-18(23)13-5-7-14(8-6-13)21-27(24,25)16-11-9-15(10-12-16)26-4-2/h5-12,21H,3-4H2,1-2H3,(H,19,22)(H,20,23). The molecule has 2 aromatic rings. The molecule has 0 aliphatic carbocycles. The summed E-state index contributed by atoms with van der Waals surface area (Å²) in [4.78, 5) is 23.1. The van der Waals surface area contributed by atoms with Gasteiger partial charge in [0.2, 0.25) is 5.91 Å². The van der Waals surface area contributed by atoms with Gasteiger partial charge in [0, 0.05) is 17.7 Å². The van der Waals surface area contributed by atoms with Crippen molar-refractivity contribution in [3.8, 4) is 5.75 Å². The van der Waals surface area contributed by atoms with Crippen molar-refractivity contribution in [3.05, 3.63) is 54.1 Å². The lowest BCUT2D eigenvalue weighted by atomic mass is 10.2. The van der Waals surface area contributed by atoms with Crippen molar-refractivity contribution in [2.75, 3.05) is 11.3 Å². The summed E-state index contributed by atoms with van der Waals surface area (Å²) in [7, 11) is -3.77. The predicted octanol–water partition coefficient (Wildman–Crippen LogP) is 2.06. The van der Waals surface area contributed by atoms with Crippen molar-refractivity contribution < 1.29 is 22.7 Å². The predicted molar refractivity (Wildman–Crippen MR) is 101 cm³/mol. The fraction of sp³-hybridized carbons (Fsp3) is 0.222. The molecule has 0 radical (unpaired) electrons. The monoisotopic (exact) mass is 391 g/mol. The number of benzene rings is 2. The molecular formula is C18H21N3O5S. The van der Waals surface area contributed by atoms with Crippen molar-refractivity contribution in [1.82, 2.24) is 10.9 Å². The number of ether oxygens (including phenoxy) is 1. The smallest absolute Gasteiger partial charge is 0.269 e. The van der Waals surface area contributed by atoms with E-state index < -0.39 is 15.9 Å². The summed E-state index contributed by atoms with van der Waals surface area (Å²) in [5, 5.41) is 0. The summed E-state index contributed by atoms with van der Waals surface area (Å²) >= 11 is 0. The Morgan fingerprint density at radius 2 is 1.56 bits per heavy atom. The molecule has 0 bridgehead atoms. The highest BCUT2D eigenvalue weighted by atomic mass is 32.2. The van der Waals surface area contributed by atoms with Gasteiger partial charge in [0.15, 0.2) is 0 Å². The highest BCUT2D eigenvalue weighted by molar-refractivity contribution is 7.92.